The van der Waals surface area contributed by atoms with Crippen molar-refractivity contribution in [2.24, 2.45) is 5.92 Å². The second kappa shape index (κ2) is 10.2. The molecule has 0 saturated heterocycles. The van der Waals surface area contributed by atoms with E-state index >= 15 is 0 Å². The Hall–Kier alpha value is -0.770. The maximum Gasteiger partial charge on any atom is 0.0652 e. The molecular formula is C11H21N. The highest BCUT2D eigenvalue weighted by Crippen LogP contribution is 2.09. The second-order valence-corrected chi connectivity index (χ2v) is 2.88. The van der Waals surface area contributed by atoms with Gasteiger partial charge in [-0.3, -0.25) is 0 Å². The molecule has 0 aliphatic heterocycles. The standard InChI is InChI=1S/C9H15N.C2H6/c1-8(2)5-4-6-9(3)7-10;1-2/h9H,1,4-6H2,2-3H3;1-2H3. The van der Waals surface area contributed by atoms with E-state index in [-0.39, 0.29) is 5.92 Å². The summed E-state index contributed by atoms with van der Waals surface area (Å²) in [6, 6.07) is 2.21. The highest BCUT2D eigenvalue weighted by Gasteiger charge is 1.97. The zero-order valence-corrected chi connectivity index (χ0v) is 8.85. The minimum atomic E-state index is 0.208. The monoisotopic (exact) mass is 167 g/mol. The zero-order valence-electron chi connectivity index (χ0n) is 8.85. The summed E-state index contributed by atoms with van der Waals surface area (Å²) in [5.41, 5.74) is 1.21. The van der Waals surface area contributed by atoms with E-state index in [4.69, 9.17) is 5.26 Å². The fraction of sp³-hybridized carbons (Fsp3) is 0.727. The van der Waals surface area contributed by atoms with Crippen LogP contribution >= 0.6 is 0 Å². The van der Waals surface area contributed by atoms with Gasteiger partial charge in [0.05, 0.1) is 6.07 Å². The first-order valence-corrected chi connectivity index (χ1v) is 4.70. The largest absolute Gasteiger partial charge is 0.198 e. The van der Waals surface area contributed by atoms with Crippen LogP contribution in [0.2, 0.25) is 0 Å². The molecule has 1 heteroatoms. The van der Waals surface area contributed by atoms with Crippen molar-refractivity contribution < 1.29 is 0 Å². The summed E-state index contributed by atoms with van der Waals surface area (Å²) in [6.45, 7) is 11.8. The van der Waals surface area contributed by atoms with Gasteiger partial charge in [-0.25, -0.2) is 0 Å². The molecular weight excluding hydrogens is 146 g/mol. The summed E-state index contributed by atoms with van der Waals surface area (Å²) in [6.07, 6.45) is 3.17. The molecule has 0 radical (unpaired) electrons. The van der Waals surface area contributed by atoms with Crippen molar-refractivity contribution in [3.8, 4) is 6.07 Å². The van der Waals surface area contributed by atoms with Crippen molar-refractivity contribution in [2.75, 3.05) is 0 Å². The van der Waals surface area contributed by atoms with Gasteiger partial charge in [-0.1, -0.05) is 19.4 Å². The van der Waals surface area contributed by atoms with Gasteiger partial charge in [-0.2, -0.15) is 5.26 Å². The molecule has 0 N–H and O–H groups in total. The molecule has 1 nitrogen and oxygen atoms in total. The molecule has 0 saturated carbocycles. The quantitative estimate of drug-likeness (QED) is 0.582. The molecule has 0 bridgehead atoms. The molecule has 0 aliphatic rings. The van der Waals surface area contributed by atoms with E-state index in [1.165, 1.54) is 5.57 Å². The Morgan fingerprint density at radius 3 is 2.33 bits per heavy atom. The number of allylic oxidation sites excluding steroid dienone is 1. The maximum absolute atomic E-state index is 8.43. The summed E-state index contributed by atoms with van der Waals surface area (Å²) < 4.78 is 0. The van der Waals surface area contributed by atoms with Crippen LogP contribution in [0.15, 0.2) is 12.2 Å². The normalized spacial score (nSPS) is 10.6. The Kier molecular flexibility index (Phi) is 11.8. The Bertz CT molecular complexity index is 142. The van der Waals surface area contributed by atoms with Crippen LogP contribution in [0.4, 0.5) is 0 Å². The number of nitriles is 1. The van der Waals surface area contributed by atoms with Crippen LogP contribution in [0.25, 0.3) is 0 Å². The molecule has 70 valence electrons. The fourth-order valence-electron chi connectivity index (χ4n) is 0.775. The zero-order chi connectivity index (χ0) is 9.98. The minimum Gasteiger partial charge on any atom is -0.198 e. The van der Waals surface area contributed by atoms with Gasteiger partial charge >= 0.3 is 0 Å². The molecule has 0 aromatic heterocycles. The summed E-state index contributed by atoms with van der Waals surface area (Å²) in [5, 5.41) is 8.43. The first-order valence-electron chi connectivity index (χ1n) is 4.70. The topological polar surface area (TPSA) is 23.8 Å². The van der Waals surface area contributed by atoms with Crippen molar-refractivity contribution in [1.82, 2.24) is 0 Å². The van der Waals surface area contributed by atoms with E-state index in [9.17, 15) is 0 Å². The van der Waals surface area contributed by atoms with Gasteiger partial charge in [0.2, 0.25) is 0 Å². The van der Waals surface area contributed by atoms with E-state index in [0.29, 0.717) is 0 Å². The van der Waals surface area contributed by atoms with E-state index in [1.807, 2.05) is 27.7 Å². The SMILES string of the molecule is C=C(C)CCCC(C)C#N.CC. The third-order valence-corrected chi connectivity index (χ3v) is 1.46. The fourth-order valence-corrected chi connectivity index (χ4v) is 0.775. The average molecular weight is 167 g/mol. The third-order valence-electron chi connectivity index (χ3n) is 1.46. The number of nitrogens with zero attached hydrogens (tertiary/aromatic N) is 1. The lowest BCUT2D eigenvalue weighted by Gasteiger charge is -2.00. The smallest absolute Gasteiger partial charge is 0.0652 e. The molecule has 0 fully saturated rings. The molecule has 0 amide bonds. The molecule has 12 heavy (non-hydrogen) atoms. The van der Waals surface area contributed by atoms with Crippen LogP contribution < -0.4 is 0 Å². The minimum absolute atomic E-state index is 0.208. The predicted octanol–water partition coefficient (Wildman–Crippen LogP) is 3.92. The second-order valence-electron chi connectivity index (χ2n) is 2.88. The summed E-state index contributed by atoms with van der Waals surface area (Å²) in [7, 11) is 0. The van der Waals surface area contributed by atoms with E-state index in [0.717, 1.165) is 19.3 Å². The van der Waals surface area contributed by atoms with Gasteiger partial charge in [0.1, 0.15) is 0 Å². The number of rotatable bonds is 4. The van der Waals surface area contributed by atoms with Crippen LogP contribution in [0, 0.1) is 17.2 Å². The lowest BCUT2D eigenvalue weighted by Crippen LogP contribution is -1.89. The highest BCUT2D eigenvalue weighted by molar-refractivity contribution is 4.88. The van der Waals surface area contributed by atoms with Crippen LogP contribution in [-0.4, -0.2) is 0 Å². The molecule has 1 unspecified atom stereocenters. The predicted molar refractivity (Wildman–Crippen MR) is 54.8 cm³/mol. The summed E-state index contributed by atoms with van der Waals surface area (Å²) in [4.78, 5) is 0. The van der Waals surface area contributed by atoms with Crippen molar-refractivity contribution in [1.29, 1.82) is 5.26 Å². The van der Waals surface area contributed by atoms with E-state index in [2.05, 4.69) is 12.6 Å². The van der Waals surface area contributed by atoms with E-state index < -0.39 is 0 Å². The Labute approximate surface area is 77.1 Å². The van der Waals surface area contributed by atoms with Crippen LogP contribution in [0.3, 0.4) is 0 Å². The summed E-state index contributed by atoms with van der Waals surface area (Å²) in [5.74, 6) is 0.208. The van der Waals surface area contributed by atoms with Gasteiger partial charge in [0.25, 0.3) is 0 Å². The number of hydrogen-bond acceptors (Lipinski definition) is 1. The molecule has 0 heterocycles. The molecule has 1 atom stereocenters. The molecule has 0 rings (SSSR count). The molecule has 0 aromatic carbocycles. The average Bonchev–Trinajstić information content (AvgIpc) is 2.07. The van der Waals surface area contributed by atoms with Crippen LogP contribution in [0.1, 0.15) is 47.0 Å². The summed E-state index contributed by atoms with van der Waals surface area (Å²) >= 11 is 0. The first kappa shape index (κ1) is 13.8. The highest BCUT2D eigenvalue weighted by atomic mass is 14.3. The molecule has 0 aromatic rings. The third kappa shape index (κ3) is 12.0. The number of hydrogen-bond donors (Lipinski definition) is 0. The van der Waals surface area contributed by atoms with Crippen molar-refractivity contribution in [3.63, 3.8) is 0 Å². The Balaban J connectivity index is 0. The van der Waals surface area contributed by atoms with Gasteiger partial charge in [-0.15, -0.1) is 6.58 Å². The Morgan fingerprint density at radius 1 is 1.50 bits per heavy atom. The molecule has 0 aliphatic carbocycles. The van der Waals surface area contributed by atoms with Gasteiger partial charge in [0, 0.05) is 5.92 Å². The van der Waals surface area contributed by atoms with E-state index in [1.54, 1.807) is 0 Å². The van der Waals surface area contributed by atoms with Crippen LogP contribution in [-0.2, 0) is 0 Å². The lowest BCUT2D eigenvalue weighted by atomic mass is 10.0. The van der Waals surface area contributed by atoms with Crippen molar-refractivity contribution in [3.05, 3.63) is 12.2 Å². The van der Waals surface area contributed by atoms with Crippen LogP contribution in [0.5, 0.6) is 0 Å². The van der Waals surface area contributed by atoms with Crippen molar-refractivity contribution in [2.45, 2.75) is 47.0 Å². The van der Waals surface area contributed by atoms with Crippen molar-refractivity contribution >= 4 is 0 Å². The van der Waals surface area contributed by atoms with Gasteiger partial charge in [0.15, 0.2) is 0 Å². The Morgan fingerprint density at radius 2 is 2.00 bits per heavy atom. The van der Waals surface area contributed by atoms with Gasteiger partial charge < -0.3 is 0 Å². The lowest BCUT2D eigenvalue weighted by molar-refractivity contribution is 0.615. The van der Waals surface area contributed by atoms with Gasteiger partial charge in [-0.05, 0) is 33.1 Å². The maximum atomic E-state index is 8.43. The first-order chi connectivity index (χ1) is 5.66. The molecule has 0 spiro atoms.